The molecule has 0 amide bonds. The first-order chi connectivity index (χ1) is 13.3. The maximum absolute atomic E-state index is 14.4. The maximum atomic E-state index is 14.4. The lowest BCUT2D eigenvalue weighted by molar-refractivity contribution is 0.0818. The summed E-state index contributed by atoms with van der Waals surface area (Å²) in [5, 5.41) is 0.379. The lowest BCUT2D eigenvalue weighted by atomic mass is 9.86. The van der Waals surface area contributed by atoms with E-state index < -0.39 is 6.10 Å². The van der Waals surface area contributed by atoms with Crippen LogP contribution in [0.15, 0.2) is 36.4 Å². The monoisotopic (exact) mass is 403 g/mol. The smallest absolute Gasteiger partial charge is 0.165 e. The molecule has 0 saturated carbocycles. The Bertz CT molecular complexity index is 856. The number of piperidine rings is 1. The number of rotatable bonds is 2. The molecule has 3 nitrogen and oxygen atoms in total. The van der Waals surface area contributed by atoms with E-state index >= 15 is 0 Å². The van der Waals surface area contributed by atoms with Crippen LogP contribution in [0.2, 0.25) is 5.02 Å². The van der Waals surface area contributed by atoms with Crippen LogP contribution in [-0.4, -0.2) is 30.1 Å². The van der Waals surface area contributed by atoms with Gasteiger partial charge in [0.15, 0.2) is 17.6 Å². The largest absolute Gasteiger partial charge is 0.485 e. The first kappa shape index (κ1) is 19.5. The number of ether oxygens (including phenoxy) is 2. The summed E-state index contributed by atoms with van der Waals surface area (Å²) in [6, 6.07) is 10.8. The lowest BCUT2D eigenvalue weighted by Crippen LogP contribution is -2.45. The van der Waals surface area contributed by atoms with Gasteiger partial charge in [0.25, 0.3) is 0 Å². The minimum Gasteiger partial charge on any atom is -0.485 e. The molecule has 0 aliphatic carbocycles. The predicted molar refractivity (Wildman–Crippen MR) is 110 cm³/mol. The van der Waals surface area contributed by atoms with Crippen LogP contribution in [0.5, 0.6) is 11.5 Å². The second kappa shape index (κ2) is 7.57. The van der Waals surface area contributed by atoms with Gasteiger partial charge in [-0.1, -0.05) is 29.8 Å². The van der Waals surface area contributed by atoms with Gasteiger partial charge >= 0.3 is 0 Å². The quantitative estimate of drug-likeness (QED) is 0.616. The summed E-state index contributed by atoms with van der Waals surface area (Å²) in [5.41, 5.74) is 1.84. The number of hydrogen-bond donors (Lipinski definition) is 0. The van der Waals surface area contributed by atoms with Crippen molar-refractivity contribution in [2.24, 2.45) is 0 Å². The van der Waals surface area contributed by atoms with Crippen molar-refractivity contribution < 1.29 is 13.9 Å². The van der Waals surface area contributed by atoms with Gasteiger partial charge in [-0.25, -0.2) is 4.39 Å². The highest BCUT2D eigenvalue weighted by Crippen LogP contribution is 2.45. The van der Waals surface area contributed by atoms with Crippen LogP contribution < -0.4 is 9.47 Å². The van der Waals surface area contributed by atoms with Gasteiger partial charge in [0.2, 0.25) is 0 Å². The van der Waals surface area contributed by atoms with Crippen molar-refractivity contribution in [3.63, 3.8) is 0 Å². The molecular formula is C23H27ClFNO2. The third-order valence-corrected chi connectivity index (χ3v) is 6.09. The second-order valence-corrected chi connectivity index (χ2v) is 9.13. The zero-order valence-corrected chi connectivity index (χ0v) is 17.4. The van der Waals surface area contributed by atoms with Crippen LogP contribution >= 0.6 is 11.6 Å². The van der Waals surface area contributed by atoms with Gasteiger partial charge in [-0.2, -0.15) is 0 Å². The molecule has 28 heavy (non-hydrogen) atoms. The summed E-state index contributed by atoms with van der Waals surface area (Å²) in [5.74, 6) is 1.58. The Labute approximate surface area is 171 Å². The van der Waals surface area contributed by atoms with Gasteiger partial charge in [0, 0.05) is 21.7 Å². The highest BCUT2D eigenvalue weighted by atomic mass is 35.5. The molecule has 1 saturated heterocycles. The zero-order valence-electron chi connectivity index (χ0n) is 16.7. The Morgan fingerprint density at radius 3 is 2.50 bits per heavy atom. The molecule has 2 aliphatic rings. The Hall–Kier alpha value is -1.78. The first-order valence-corrected chi connectivity index (χ1v) is 10.3. The van der Waals surface area contributed by atoms with Gasteiger partial charge in [-0.05, 0) is 70.8 Å². The van der Waals surface area contributed by atoms with Crippen molar-refractivity contribution in [3.8, 4) is 11.5 Å². The van der Waals surface area contributed by atoms with Gasteiger partial charge in [0.1, 0.15) is 12.4 Å². The molecule has 0 N–H and O–H groups in total. The molecule has 1 fully saturated rings. The van der Waals surface area contributed by atoms with E-state index in [-0.39, 0.29) is 18.0 Å². The maximum Gasteiger partial charge on any atom is 0.165 e. The van der Waals surface area contributed by atoms with Crippen LogP contribution in [0.25, 0.3) is 0 Å². The fraction of sp³-hybridized carbons (Fsp3) is 0.478. The van der Waals surface area contributed by atoms with Crippen molar-refractivity contribution in [1.29, 1.82) is 0 Å². The normalized spacial score (nSPS) is 21.0. The number of fused-ring (bicyclic) bond motifs is 1. The van der Waals surface area contributed by atoms with Gasteiger partial charge < -0.3 is 9.47 Å². The predicted octanol–water partition coefficient (Wildman–Crippen LogP) is 5.97. The van der Waals surface area contributed by atoms with Crippen molar-refractivity contribution in [2.75, 3.05) is 19.7 Å². The summed E-state index contributed by atoms with van der Waals surface area (Å²) >= 11 is 5.89. The lowest BCUT2D eigenvalue weighted by Gasteiger charge is -2.41. The van der Waals surface area contributed by atoms with E-state index in [2.05, 4.69) is 31.7 Å². The van der Waals surface area contributed by atoms with Crippen molar-refractivity contribution >= 4 is 11.6 Å². The number of benzene rings is 2. The number of likely N-dealkylation sites (tertiary alicyclic amines) is 1. The van der Waals surface area contributed by atoms with E-state index in [4.69, 9.17) is 21.1 Å². The van der Waals surface area contributed by atoms with Crippen LogP contribution in [0, 0.1) is 5.82 Å². The SMILES string of the molecule is CC(C)(C)N1CCC(c2cccc3c2OC(c2ccc(Cl)cc2F)CO3)CC1. The van der Waals surface area contributed by atoms with Gasteiger partial charge in [0.05, 0.1) is 0 Å². The molecule has 0 radical (unpaired) electrons. The molecule has 1 atom stereocenters. The molecule has 0 bridgehead atoms. The topological polar surface area (TPSA) is 21.7 Å². The van der Waals surface area contributed by atoms with E-state index in [1.54, 1.807) is 12.1 Å². The van der Waals surface area contributed by atoms with Gasteiger partial charge in [-0.3, -0.25) is 4.90 Å². The molecule has 2 heterocycles. The van der Waals surface area contributed by atoms with Crippen LogP contribution in [0.4, 0.5) is 4.39 Å². The molecule has 4 rings (SSSR count). The number of para-hydroxylation sites is 1. The minimum absolute atomic E-state index is 0.192. The highest BCUT2D eigenvalue weighted by molar-refractivity contribution is 6.30. The van der Waals surface area contributed by atoms with Crippen molar-refractivity contribution in [2.45, 2.75) is 51.2 Å². The summed E-state index contributed by atoms with van der Waals surface area (Å²) in [7, 11) is 0. The van der Waals surface area contributed by atoms with E-state index in [0.29, 0.717) is 16.5 Å². The number of nitrogens with zero attached hydrogens (tertiary/aromatic N) is 1. The second-order valence-electron chi connectivity index (χ2n) is 8.69. The van der Waals surface area contributed by atoms with Crippen LogP contribution in [-0.2, 0) is 0 Å². The van der Waals surface area contributed by atoms with Gasteiger partial charge in [-0.15, -0.1) is 0 Å². The number of hydrogen-bond acceptors (Lipinski definition) is 3. The molecule has 1 unspecified atom stereocenters. The average molecular weight is 404 g/mol. The molecule has 2 aromatic carbocycles. The summed E-state index contributed by atoms with van der Waals surface area (Å²) in [6.07, 6.45) is 1.69. The third-order valence-electron chi connectivity index (χ3n) is 5.85. The Balaban J connectivity index is 1.57. The Kier molecular flexibility index (Phi) is 5.28. The van der Waals surface area contributed by atoms with Crippen molar-refractivity contribution in [3.05, 3.63) is 58.4 Å². The fourth-order valence-corrected chi connectivity index (χ4v) is 4.37. The van der Waals surface area contributed by atoms with Crippen LogP contribution in [0.1, 0.15) is 56.8 Å². The molecular weight excluding hydrogens is 377 g/mol. The molecule has 0 aromatic heterocycles. The Morgan fingerprint density at radius 1 is 1.07 bits per heavy atom. The van der Waals surface area contributed by atoms with Crippen LogP contribution in [0.3, 0.4) is 0 Å². The summed E-state index contributed by atoms with van der Waals surface area (Å²) < 4.78 is 26.6. The van der Waals surface area contributed by atoms with E-state index in [9.17, 15) is 4.39 Å². The Morgan fingerprint density at radius 2 is 1.82 bits per heavy atom. The fourth-order valence-electron chi connectivity index (χ4n) is 4.21. The molecule has 0 spiro atoms. The van der Waals surface area contributed by atoms with Crippen molar-refractivity contribution in [1.82, 2.24) is 4.90 Å². The average Bonchev–Trinajstić information content (AvgIpc) is 2.66. The van der Waals surface area contributed by atoms with E-state index in [1.165, 1.54) is 11.6 Å². The summed E-state index contributed by atoms with van der Waals surface area (Å²) in [4.78, 5) is 2.53. The molecule has 5 heteroatoms. The highest BCUT2D eigenvalue weighted by Gasteiger charge is 2.32. The number of halogens is 2. The first-order valence-electron chi connectivity index (χ1n) is 9.95. The zero-order chi connectivity index (χ0) is 19.9. The van der Waals surface area contributed by atoms with E-state index in [1.807, 2.05) is 12.1 Å². The standard InChI is InChI=1S/C23H27ClFNO2/c1-23(2,3)26-11-9-15(10-12-26)17-5-4-6-20-22(17)28-21(14-27-20)18-8-7-16(24)13-19(18)25/h4-8,13,15,21H,9-12,14H2,1-3H3. The minimum atomic E-state index is -0.472. The molecule has 2 aromatic rings. The third kappa shape index (κ3) is 3.85. The molecule has 2 aliphatic heterocycles. The summed E-state index contributed by atoms with van der Waals surface area (Å²) in [6.45, 7) is 9.21. The molecule has 150 valence electrons. The van der Waals surface area contributed by atoms with E-state index in [0.717, 1.165) is 37.4 Å².